The van der Waals surface area contributed by atoms with Gasteiger partial charge in [-0.15, -0.1) is 0 Å². The van der Waals surface area contributed by atoms with Gasteiger partial charge < -0.3 is 5.32 Å². The summed E-state index contributed by atoms with van der Waals surface area (Å²) >= 11 is 5.92. The third-order valence-corrected chi connectivity index (χ3v) is 2.68. The van der Waals surface area contributed by atoms with Crippen LogP contribution in [0.1, 0.15) is 10.4 Å². The van der Waals surface area contributed by atoms with Gasteiger partial charge in [-0.25, -0.2) is 13.5 Å². The Labute approximate surface area is 106 Å². The van der Waals surface area contributed by atoms with Crippen molar-refractivity contribution in [2.75, 3.05) is 7.05 Å². The Morgan fingerprint density at radius 3 is 2.78 bits per heavy atom. The number of nitrogens with one attached hydrogen (secondary N) is 1. The van der Waals surface area contributed by atoms with Crippen LogP contribution in [0, 0.1) is 11.6 Å². The molecule has 0 radical (unpaired) electrons. The zero-order valence-electron chi connectivity index (χ0n) is 9.25. The Balaban J connectivity index is 2.52. The minimum atomic E-state index is -0.816. The van der Waals surface area contributed by atoms with Crippen LogP contribution in [-0.4, -0.2) is 22.7 Å². The van der Waals surface area contributed by atoms with Gasteiger partial charge in [0.2, 0.25) is 0 Å². The van der Waals surface area contributed by atoms with Crippen LogP contribution in [0.4, 0.5) is 8.78 Å². The smallest absolute Gasteiger partial charge is 0.255 e. The summed E-state index contributed by atoms with van der Waals surface area (Å²) in [5.74, 6) is -1.96. The molecule has 0 aliphatic heterocycles. The molecule has 1 N–H and O–H groups in total. The van der Waals surface area contributed by atoms with Crippen molar-refractivity contribution < 1.29 is 13.6 Å². The molecule has 0 saturated carbocycles. The first-order valence-electron chi connectivity index (χ1n) is 4.95. The standard InChI is InChI=1S/C11H8ClF2N3O/c1-15-11(18)7-5-16-17(10(7)12)9-3-2-6(13)4-8(9)14/h2-5H,1H3,(H,15,18). The van der Waals surface area contributed by atoms with E-state index in [0.717, 1.165) is 10.7 Å². The molecule has 1 amide bonds. The number of amides is 1. The lowest BCUT2D eigenvalue weighted by molar-refractivity contribution is 0.0963. The number of hydrogen-bond acceptors (Lipinski definition) is 2. The van der Waals surface area contributed by atoms with Crippen molar-refractivity contribution in [2.45, 2.75) is 0 Å². The van der Waals surface area contributed by atoms with E-state index in [1.54, 1.807) is 0 Å². The molecule has 0 saturated heterocycles. The maximum atomic E-state index is 13.5. The Morgan fingerprint density at radius 2 is 2.17 bits per heavy atom. The summed E-state index contributed by atoms with van der Waals surface area (Å²) in [6.07, 6.45) is 1.21. The quantitative estimate of drug-likeness (QED) is 0.910. The van der Waals surface area contributed by atoms with Gasteiger partial charge in [-0.3, -0.25) is 4.79 Å². The number of hydrogen-bond donors (Lipinski definition) is 1. The summed E-state index contributed by atoms with van der Waals surface area (Å²) < 4.78 is 27.4. The molecule has 0 atom stereocenters. The molecule has 0 bridgehead atoms. The van der Waals surface area contributed by atoms with Gasteiger partial charge >= 0.3 is 0 Å². The molecule has 2 aromatic rings. The summed E-state index contributed by atoms with van der Waals surface area (Å²) in [6, 6.07) is 2.99. The Hall–Kier alpha value is -1.95. The van der Waals surface area contributed by atoms with Crippen molar-refractivity contribution in [2.24, 2.45) is 0 Å². The Morgan fingerprint density at radius 1 is 1.44 bits per heavy atom. The molecule has 4 nitrogen and oxygen atoms in total. The molecule has 0 unspecified atom stereocenters. The molecule has 0 fully saturated rings. The van der Waals surface area contributed by atoms with Gasteiger partial charge in [-0.2, -0.15) is 5.10 Å². The summed E-state index contributed by atoms with van der Waals surface area (Å²) in [4.78, 5) is 11.4. The highest BCUT2D eigenvalue weighted by Crippen LogP contribution is 2.22. The fourth-order valence-corrected chi connectivity index (χ4v) is 1.71. The average Bonchev–Trinajstić information content (AvgIpc) is 2.70. The molecule has 0 aliphatic rings. The van der Waals surface area contributed by atoms with Crippen molar-refractivity contribution in [3.8, 4) is 5.69 Å². The van der Waals surface area contributed by atoms with E-state index in [0.29, 0.717) is 6.07 Å². The first kappa shape index (κ1) is 12.5. The molecule has 0 spiro atoms. The number of rotatable bonds is 2. The predicted molar refractivity (Wildman–Crippen MR) is 61.9 cm³/mol. The van der Waals surface area contributed by atoms with Crippen molar-refractivity contribution >= 4 is 17.5 Å². The fraction of sp³-hybridized carbons (Fsp3) is 0.0909. The molecule has 1 aromatic carbocycles. The number of carbonyl (C=O) groups excluding carboxylic acids is 1. The number of benzene rings is 1. The van der Waals surface area contributed by atoms with E-state index in [4.69, 9.17) is 11.6 Å². The average molecular weight is 272 g/mol. The first-order valence-corrected chi connectivity index (χ1v) is 5.33. The topological polar surface area (TPSA) is 46.9 Å². The van der Waals surface area contributed by atoms with E-state index >= 15 is 0 Å². The van der Waals surface area contributed by atoms with Crippen molar-refractivity contribution in [3.05, 3.63) is 46.7 Å². The summed E-state index contributed by atoms with van der Waals surface area (Å²) in [7, 11) is 1.44. The minimum absolute atomic E-state index is 0.0310. The first-order chi connectivity index (χ1) is 8.54. The lowest BCUT2D eigenvalue weighted by Gasteiger charge is -2.05. The zero-order chi connectivity index (χ0) is 13.3. The molecule has 94 valence electrons. The van der Waals surface area contributed by atoms with Gasteiger partial charge in [0, 0.05) is 13.1 Å². The van der Waals surface area contributed by atoms with Gasteiger partial charge in [0.05, 0.1) is 11.8 Å². The molecule has 18 heavy (non-hydrogen) atoms. The number of halogens is 3. The molecular weight excluding hydrogens is 264 g/mol. The van der Waals surface area contributed by atoms with Crippen LogP contribution in [0.5, 0.6) is 0 Å². The van der Waals surface area contributed by atoms with E-state index < -0.39 is 17.5 Å². The van der Waals surface area contributed by atoms with E-state index in [1.807, 2.05) is 0 Å². The maximum absolute atomic E-state index is 13.5. The van der Waals surface area contributed by atoms with Gasteiger partial charge in [0.15, 0.2) is 5.82 Å². The molecule has 0 aliphatic carbocycles. The van der Waals surface area contributed by atoms with Crippen LogP contribution in [0.25, 0.3) is 5.69 Å². The molecule has 2 rings (SSSR count). The van der Waals surface area contributed by atoms with E-state index in [9.17, 15) is 13.6 Å². The van der Waals surface area contributed by atoms with Gasteiger partial charge in [-0.05, 0) is 12.1 Å². The second-order valence-electron chi connectivity index (χ2n) is 3.44. The maximum Gasteiger partial charge on any atom is 0.255 e. The second-order valence-corrected chi connectivity index (χ2v) is 3.79. The zero-order valence-corrected chi connectivity index (χ0v) is 10.0. The SMILES string of the molecule is CNC(=O)c1cnn(-c2ccc(F)cc2F)c1Cl. The molecule has 1 heterocycles. The van der Waals surface area contributed by atoms with Crippen LogP contribution in [0.3, 0.4) is 0 Å². The van der Waals surface area contributed by atoms with Gasteiger partial charge in [0.1, 0.15) is 16.7 Å². The predicted octanol–water partition coefficient (Wildman–Crippen LogP) is 2.16. The van der Waals surface area contributed by atoms with Crippen LogP contribution in [-0.2, 0) is 0 Å². The highest BCUT2D eigenvalue weighted by molar-refractivity contribution is 6.33. The summed E-state index contributed by atoms with van der Waals surface area (Å²) in [5, 5.41) is 6.15. The molecular formula is C11H8ClF2N3O. The lowest BCUT2D eigenvalue weighted by atomic mass is 10.3. The van der Waals surface area contributed by atoms with Gasteiger partial charge in [-0.1, -0.05) is 11.6 Å². The number of nitrogens with zero attached hydrogens (tertiary/aromatic N) is 2. The van der Waals surface area contributed by atoms with Gasteiger partial charge in [0.25, 0.3) is 5.91 Å². The number of carbonyl (C=O) groups is 1. The minimum Gasteiger partial charge on any atom is -0.355 e. The van der Waals surface area contributed by atoms with E-state index in [2.05, 4.69) is 10.4 Å². The summed E-state index contributed by atoms with van der Waals surface area (Å²) in [6.45, 7) is 0. The third-order valence-electron chi connectivity index (χ3n) is 2.32. The van der Waals surface area contributed by atoms with Crippen LogP contribution in [0.2, 0.25) is 5.15 Å². The van der Waals surface area contributed by atoms with E-state index in [1.165, 1.54) is 19.3 Å². The van der Waals surface area contributed by atoms with Crippen molar-refractivity contribution in [1.82, 2.24) is 15.1 Å². The van der Waals surface area contributed by atoms with E-state index in [-0.39, 0.29) is 16.4 Å². The second kappa shape index (κ2) is 4.73. The highest BCUT2D eigenvalue weighted by Gasteiger charge is 2.17. The summed E-state index contributed by atoms with van der Waals surface area (Å²) in [5.41, 5.74) is 0.0828. The third kappa shape index (κ3) is 2.06. The number of aromatic nitrogens is 2. The highest BCUT2D eigenvalue weighted by atomic mass is 35.5. The fourth-order valence-electron chi connectivity index (χ4n) is 1.44. The molecule has 1 aromatic heterocycles. The normalized spacial score (nSPS) is 10.4. The lowest BCUT2D eigenvalue weighted by Crippen LogP contribution is -2.17. The Bertz CT molecular complexity index is 612. The Kier molecular flexibility index (Phi) is 3.29. The monoisotopic (exact) mass is 271 g/mol. The largest absolute Gasteiger partial charge is 0.355 e. The van der Waals surface area contributed by atoms with Crippen LogP contribution >= 0.6 is 11.6 Å². The van der Waals surface area contributed by atoms with Crippen molar-refractivity contribution in [1.29, 1.82) is 0 Å². The van der Waals surface area contributed by atoms with Crippen LogP contribution < -0.4 is 5.32 Å². The molecule has 7 heteroatoms. The van der Waals surface area contributed by atoms with Crippen LogP contribution in [0.15, 0.2) is 24.4 Å². The van der Waals surface area contributed by atoms with Crippen molar-refractivity contribution in [3.63, 3.8) is 0 Å².